The minimum Gasteiger partial charge on any atom is -0.493 e. The molecule has 0 saturated heterocycles. The number of hydrogen-bond acceptors (Lipinski definition) is 5. The smallest absolute Gasteiger partial charge is 0.271 e. The van der Waals surface area contributed by atoms with Crippen molar-refractivity contribution in [2.24, 2.45) is 5.10 Å². The van der Waals surface area contributed by atoms with E-state index in [4.69, 9.17) is 16.3 Å². The van der Waals surface area contributed by atoms with Crippen molar-refractivity contribution in [3.63, 3.8) is 0 Å². The molecule has 2 aromatic carbocycles. The van der Waals surface area contributed by atoms with Crippen LogP contribution in [0.15, 0.2) is 47.6 Å². The molecule has 124 valence electrons. The summed E-state index contributed by atoms with van der Waals surface area (Å²) in [5, 5.41) is 15.1. The number of amides is 1. The van der Waals surface area contributed by atoms with Gasteiger partial charge in [-0.05, 0) is 31.2 Å². The number of hydrazone groups is 1. The summed E-state index contributed by atoms with van der Waals surface area (Å²) in [6, 6.07) is 10.4. The third-order valence-corrected chi connectivity index (χ3v) is 3.20. The van der Waals surface area contributed by atoms with Gasteiger partial charge in [0.05, 0.1) is 17.7 Å². The number of benzene rings is 2. The fourth-order valence-electron chi connectivity index (χ4n) is 1.89. The molecule has 7 nitrogen and oxygen atoms in total. The molecule has 0 aliphatic carbocycles. The Morgan fingerprint density at radius 2 is 2.17 bits per heavy atom. The molecule has 2 rings (SSSR count). The Morgan fingerprint density at radius 3 is 2.88 bits per heavy atom. The van der Waals surface area contributed by atoms with Crippen molar-refractivity contribution in [3.8, 4) is 5.75 Å². The van der Waals surface area contributed by atoms with Crippen molar-refractivity contribution in [1.29, 1.82) is 0 Å². The number of nitrogens with zero attached hydrogens (tertiary/aromatic N) is 2. The second-order valence-corrected chi connectivity index (χ2v) is 5.06. The molecule has 0 heterocycles. The van der Waals surface area contributed by atoms with Crippen LogP contribution in [0.4, 0.5) is 5.69 Å². The Morgan fingerprint density at radius 1 is 1.38 bits per heavy atom. The second kappa shape index (κ2) is 8.07. The van der Waals surface area contributed by atoms with E-state index in [1.54, 1.807) is 18.2 Å². The van der Waals surface area contributed by atoms with Crippen LogP contribution in [0.1, 0.15) is 22.8 Å². The summed E-state index contributed by atoms with van der Waals surface area (Å²) in [5.41, 5.74) is 2.88. The van der Waals surface area contributed by atoms with Gasteiger partial charge in [-0.1, -0.05) is 17.7 Å². The monoisotopic (exact) mass is 347 g/mol. The molecule has 1 N–H and O–H groups in total. The van der Waals surface area contributed by atoms with Crippen LogP contribution in [-0.4, -0.2) is 23.7 Å². The average Bonchev–Trinajstić information content (AvgIpc) is 2.57. The Kier molecular flexibility index (Phi) is 5.86. The van der Waals surface area contributed by atoms with Crippen LogP contribution in [-0.2, 0) is 0 Å². The summed E-state index contributed by atoms with van der Waals surface area (Å²) in [6.45, 7) is 2.32. The van der Waals surface area contributed by atoms with E-state index in [1.165, 1.54) is 30.5 Å². The number of ether oxygens (including phenoxy) is 1. The van der Waals surface area contributed by atoms with Crippen molar-refractivity contribution in [2.45, 2.75) is 6.92 Å². The van der Waals surface area contributed by atoms with Crippen molar-refractivity contribution in [2.75, 3.05) is 6.61 Å². The van der Waals surface area contributed by atoms with Gasteiger partial charge in [0.15, 0.2) is 0 Å². The van der Waals surface area contributed by atoms with Gasteiger partial charge in [0.2, 0.25) is 0 Å². The van der Waals surface area contributed by atoms with Crippen molar-refractivity contribution >= 4 is 29.4 Å². The number of non-ortho nitro benzene ring substituents is 1. The quantitative estimate of drug-likeness (QED) is 0.492. The number of carbonyl (C=O) groups excluding carboxylic acids is 1. The molecule has 2 aromatic rings. The third-order valence-electron chi connectivity index (χ3n) is 2.96. The predicted molar refractivity (Wildman–Crippen MR) is 90.8 cm³/mol. The molecule has 0 spiro atoms. The molecule has 0 unspecified atom stereocenters. The van der Waals surface area contributed by atoms with Gasteiger partial charge in [-0.25, -0.2) is 5.43 Å². The van der Waals surface area contributed by atoms with Crippen LogP contribution in [0.3, 0.4) is 0 Å². The number of nitro groups is 1. The van der Waals surface area contributed by atoms with Gasteiger partial charge in [-0.15, -0.1) is 0 Å². The molecule has 0 aromatic heterocycles. The average molecular weight is 348 g/mol. The topological polar surface area (TPSA) is 93.8 Å². The lowest BCUT2D eigenvalue weighted by molar-refractivity contribution is -0.384. The summed E-state index contributed by atoms with van der Waals surface area (Å²) in [6.07, 6.45) is 1.39. The van der Waals surface area contributed by atoms with Gasteiger partial charge in [-0.3, -0.25) is 14.9 Å². The minimum absolute atomic E-state index is 0.137. The molecule has 24 heavy (non-hydrogen) atoms. The van der Waals surface area contributed by atoms with E-state index in [0.29, 0.717) is 22.9 Å². The van der Waals surface area contributed by atoms with Crippen molar-refractivity contribution in [1.82, 2.24) is 5.43 Å². The normalized spacial score (nSPS) is 10.6. The first-order chi connectivity index (χ1) is 11.5. The fraction of sp³-hybridized carbons (Fsp3) is 0.125. The Bertz CT molecular complexity index is 793. The Labute approximate surface area is 143 Å². The van der Waals surface area contributed by atoms with E-state index in [2.05, 4.69) is 10.5 Å². The summed E-state index contributed by atoms with van der Waals surface area (Å²) in [5.74, 6) is 0.0187. The van der Waals surface area contributed by atoms with Crippen molar-refractivity contribution in [3.05, 3.63) is 68.7 Å². The highest BCUT2D eigenvalue weighted by molar-refractivity contribution is 6.30. The maximum absolute atomic E-state index is 12.0. The van der Waals surface area contributed by atoms with Gasteiger partial charge in [0, 0.05) is 28.3 Å². The van der Waals surface area contributed by atoms with Crippen LogP contribution >= 0.6 is 11.6 Å². The lowest BCUT2D eigenvalue weighted by atomic mass is 10.2. The van der Waals surface area contributed by atoms with Crippen LogP contribution in [0, 0.1) is 10.1 Å². The van der Waals surface area contributed by atoms with Gasteiger partial charge in [0.25, 0.3) is 11.6 Å². The maximum atomic E-state index is 12.0. The fourth-order valence-corrected chi connectivity index (χ4v) is 2.07. The molecule has 0 radical (unpaired) electrons. The highest BCUT2D eigenvalue weighted by atomic mass is 35.5. The van der Waals surface area contributed by atoms with Gasteiger partial charge in [-0.2, -0.15) is 5.10 Å². The molecule has 0 aliphatic rings. The van der Waals surface area contributed by atoms with E-state index >= 15 is 0 Å². The Balaban J connectivity index is 2.11. The zero-order valence-corrected chi connectivity index (χ0v) is 13.5. The van der Waals surface area contributed by atoms with E-state index in [1.807, 2.05) is 6.92 Å². The van der Waals surface area contributed by atoms with E-state index in [-0.39, 0.29) is 11.3 Å². The highest BCUT2D eigenvalue weighted by Crippen LogP contribution is 2.21. The molecule has 8 heteroatoms. The molecule has 0 bridgehead atoms. The van der Waals surface area contributed by atoms with Gasteiger partial charge >= 0.3 is 0 Å². The number of carbonyl (C=O) groups is 1. The lowest BCUT2D eigenvalue weighted by Crippen LogP contribution is -2.17. The molecule has 0 saturated carbocycles. The zero-order chi connectivity index (χ0) is 17.5. The predicted octanol–water partition coefficient (Wildman–Crippen LogP) is 3.41. The van der Waals surface area contributed by atoms with E-state index in [9.17, 15) is 14.9 Å². The first-order valence-corrected chi connectivity index (χ1v) is 7.39. The maximum Gasteiger partial charge on any atom is 0.271 e. The lowest BCUT2D eigenvalue weighted by Gasteiger charge is -2.07. The summed E-state index contributed by atoms with van der Waals surface area (Å²) < 4.78 is 5.44. The number of hydrogen-bond donors (Lipinski definition) is 1. The summed E-state index contributed by atoms with van der Waals surface area (Å²) in [4.78, 5) is 22.1. The second-order valence-electron chi connectivity index (χ2n) is 4.62. The standard InChI is InChI=1S/C16H14ClN3O4/c1-2-24-15-7-6-13(17)8-12(15)10-18-19-16(21)11-4-3-5-14(9-11)20(22)23/h3-10H,2H2,1H3,(H,19,21)/b18-10+. The van der Waals surface area contributed by atoms with E-state index < -0.39 is 10.8 Å². The highest BCUT2D eigenvalue weighted by Gasteiger charge is 2.10. The summed E-state index contributed by atoms with van der Waals surface area (Å²) >= 11 is 5.93. The number of rotatable bonds is 6. The first kappa shape index (κ1) is 17.4. The molecule has 0 fully saturated rings. The van der Waals surface area contributed by atoms with Crippen molar-refractivity contribution < 1.29 is 14.5 Å². The molecule has 0 aliphatic heterocycles. The first-order valence-electron chi connectivity index (χ1n) is 7.01. The van der Waals surface area contributed by atoms with Gasteiger partial charge < -0.3 is 4.74 Å². The minimum atomic E-state index is -0.569. The molecule has 1 amide bonds. The van der Waals surface area contributed by atoms with Crippen LogP contribution < -0.4 is 10.2 Å². The van der Waals surface area contributed by atoms with Crippen LogP contribution in [0.5, 0.6) is 5.75 Å². The third kappa shape index (κ3) is 4.53. The number of nitro benzene ring substituents is 1. The SMILES string of the molecule is CCOc1ccc(Cl)cc1/C=N/NC(=O)c1cccc([N+](=O)[O-])c1. The largest absolute Gasteiger partial charge is 0.493 e. The number of nitrogens with one attached hydrogen (secondary N) is 1. The molecular weight excluding hydrogens is 334 g/mol. The number of halogens is 1. The van der Waals surface area contributed by atoms with E-state index in [0.717, 1.165) is 0 Å². The summed E-state index contributed by atoms with van der Waals surface area (Å²) in [7, 11) is 0. The molecule has 0 atom stereocenters. The zero-order valence-electron chi connectivity index (χ0n) is 12.7. The molecular formula is C16H14ClN3O4. The van der Waals surface area contributed by atoms with Gasteiger partial charge in [0.1, 0.15) is 5.75 Å². The Hall–Kier alpha value is -2.93. The van der Waals surface area contributed by atoms with Crippen LogP contribution in [0.25, 0.3) is 0 Å². The van der Waals surface area contributed by atoms with Crippen LogP contribution in [0.2, 0.25) is 5.02 Å².